The van der Waals surface area contributed by atoms with Crippen LogP contribution in [-0.4, -0.2) is 16.5 Å². The lowest BCUT2D eigenvalue weighted by molar-refractivity contribution is -0.117. The predicted octanol–water partition coefficient (Wildman–Crippen LogP) is 4.27. The molecule has 0 spiro atoms. The fraction of sp³-hybridized carbons (Fsp3) is 0.773. The minimum absolute atomic E-state index is 0.0522. The maximum Gasteiger partial charge on any atom is 0.155 e. The van der Waals surface area contributed by atoms with E-state index in [0.717, 1.165) is 51.4 Å². The second-order valence-corrected chi connectivity index (χ2v) is 8.79. The Hall–Kier alpha value is -1.07. The summed E-state index contributed by atoms with van der Waals surface area (Å²) < 4.78 is 0. The van der Waals surface area contributed by atoms with Gasteiger partial charge in [-0.1, -0.05) is 24.8 Å². The van der Waals surface area contributed by atoms with Gasteiger partial charge in [-0.15, -0.1) is 6.42 Å². The summed E-state index contributed by atoms with van der Waals surface area (Å²) in [6.07, 6.45) is 18.2. The van der Waals surface area contributed by atoms with Crippen molar-refractivity contribution in [3.8, 4) is 12.3 Å². The summed E-state index contributed by atoms with van der Waals surface area (Å²) in [7, 11) is 0. The van der Waals surface area contributed by atoms with Gasteiger partial charge < -0.3 is 5.11 Å². The molecule has 2 heteroatoms. The van der Waals surface area contributed by atoms with E-state index < -0.39 is 5.60 Å². The molecule has 0 saturated heterocycles. The summed E-state index contributed by atoms with van der Waals surface area (Å²) in [6, 6.07) is 0. The summed E-state index contributed by atoms with van der Waals surface area (Å²) in [6.45, 7) is 2.22. The van der Waals surface area contributed by atoms with Crippen LogP contribution in [-0.2, 0) is 4.79 Å². The number of ketones is 1. The van der Waals surface area contributed by atoms with Crippen molar-refractivity contribution in [2.45, 2.75) is 76.7 Å². The van der Waals surface area contributed by atoms with Crippen LogP contribution in [0.15, 0.2) is 11.6 Å². The van der Waals surface area contributed by atoms with Gasteiger partial charge in [0.05, 0.1) is 0 Å². The Balaban J connectivity index is 1.67. The molecular formula is C22H30O2. The third-order valence-electron chi connectivity index (χ3n) is 8.08. The van der Waals surface area contributed by atoms with Crippen molar-refractivity contribution in [1.82, 2.24) is 0 Å². The first-order valence-corrected chi connectivity index (χ1v) is 9.98. The average Bonchev–Trinajstić information content (AvgIpc) is 2.88. The van der Waals surface area contributed by atoms with Crippen LogP contribution in [0.25, 0.3) is 0 Å². The molecule has 0 amide bonds. The molecule has 4 aliphatic rings. The third-order valence-corrected chi connectivity index (χ3v) is 8.08. The minimum atomic E-state index is -0.892. The first kappa shape index (κ1) is 16.4. The number of hydrogen-bond donors (Lipinski definition) is 1. The van der Waals surface area contributed by atoms with Gasteiger partial charge in [0.25, 0.3) is 0 Å². The van der Waals surface area contributed by atoms with Gasteiger partial charge in [-0.3, -0.25) is 4.79 Å². The number of carbonyl (C=O) groups is 1. The standard InChI is InChI=1S/C22H30O2/c1-3-11-21-12-9-18-17-8-6-16(23)14-15(17)5-7-19(18)20(21)10-13-22(21,24)4-2/h2,14,17-20,24H,3,5-13H2,1H3/t17-,18+,19+,20-,21?,22?/m0/s1. The Morgan fingerprint density at radius 2 is 2.04 bits per heavy atom. The largest absolute Gasteiger partial charge is 0.377 e. The molecule has 2 unspecified atom stereocenters. The van der Waals surface area contributed by atoms with E-state index in [0.29, 0.717) is 29.5 Å². The van der Waals surface area contributed by atoms with Gasteiger partial charge >= 0.3 is 0 Å². The van der Waals surface area contributed by atoms with Crippen molar-refractivity contribution < 1.29 is 9.90 Å². The molecule has 6 atom stereocenters. The summed E-state index contributed by atoms with van der Waals surface area (Å²) in [5.41, 5.74) is 0.487. The van der Waals surface area contributed by atoms with Crippen molar-refractivity contribution in [2.75, 3.05) is 0 Å². The Morgan fingerprint density at radius 1 is 1.21 bits per heavy atom. The quantitative estimate of drug-likeness (QED) is 0.769. The molecule has 3 saturated carbocycles. The van der Waals surface area contributed by atoms with Gasteiger partial charge in [0, 0.05) is 11.8 Å². The first-order chi connectivity index (χ1) is 11.5. The molecule has 0 heterocycles. The molecule has 0 bridgehead atoms. The van der Waals surface area contributed by atoms with Crippen molar-refractivity contribution in [3.63, 3.8) is 0 Å². The van der Waals surface area contributed by atoms with Crippen LogP contribution in [0.2, 0.25) is 0 Å². The lowest BCUT2D eigenvalue weighted by Crippen LogP contribution is -2.53. The Labute approximate surface area is 146 Å². The SMILES string of the molecule is C#CC1(O)CC[C@H]2[C@@H]3CCC4=CC(=O)CC[C@@H]4[C@H]3CCC21CCC. The zero-order valence-corrected chi connectivity index (χ0v) is 14.9. The molecule has 0 aromatic carbocycles. The van der Waals surface area contributed by atoms with Crippen molar-refractivity contribution in [2.24, 2.45) is 29.1 Å². The average molecular weight is 326 g/mol. The van der Waals surface area contributed by atoms with E-state index in [9.17, 15) is 9.90 Å². The van der Waals surface area contributed by atoms with E-state index >= 15 is 0 Å². The Bertz CT molecular complexity index is 612. The highest BCUT2D eigenvalue weighted by Crippen LogP contribution is 2.66. The number of allylic oxidation sites excluding steroid dienone is 1. The van der Waals surface area contributed by atoms with Crippen LogP contribution in [0.3, 0.4) is 0 Å². The molecule has 1 N–H and O–H groups in total. The van der Waals surface area contributed by atoms with Gasteiger partial charge in [-0.25, -0.2) is 0 Å². The predicted molar refractivity (Wildman–Crippen MR) is 95.1 cm³/mol. The number of carbonyl (C=O) groups excluding carboxylic acids is 1. The van der Waals surface area contributed by atoms with E-state index in [4.69, 9.17) is 6.42 Å². The highest BCUT2D eigenvalue weighted by Gasteiger charge is 2.63. The molecule has 4 aliphatic carbocycles. The smallest absolute Gasteiger partial charge is 0.155 e. The Morgan fingerprint density at radius 3 is 2.79 bits per heavy atom. The van der Waals surface area contributed by atoms with Crippen molar-refractivity contribution >= 4 is 5.78 Å². The monoisotopic (exact) mass is 326 g/mol. The number of fused-ring (bicyclic) bond motifs is 5. The lowest BCUT2D eigenvalue weighted by atomic mass is 9.49. The zero-order valence-electron chi connectivity index (χ0n) is 14.9. The van der Waals surface area contributed by atoms with Crippen LogP contribution in [0, 0.1) is 41.4 Å². The van der Waals surface area contributed by atoms with E-state index in [-0.39, 0.29) is 5.41 Å². The fourth-order valence-electron chi connectivity index (χ4n) is 7.19. The molecular weight excluding hydrogens is 296 g/mol. The van der Waals surface area contributed by atoms with Gasteiger partial charge in [0.1, 0.15) is 5.60 Å². The normalized spacial score (nSPS) is 47.2. The first-order valence-electron chi connectivity index (χ1n) is 9.98. The zero-order chi connectivity index (χ0) is 16.9. The summed E-state index contributed by atoms with van der Waals surface area (Å²) in [5.74, 6) is 5.77. The van der Waals surface area contributed by atoms with Crippen LogP contribution in [0.5, 0.6) is 0 Å². The molecule has 130 valence electrons. The molecule has 0 aliphatic heterocycles. The van der Waals surface area contributed by atoms with E-state index in [1.54, 1.807) is 0 Å². The highest BCUT2D eigenvalue weighted by molar-refractivity contribution is 5.91. The third kappa shape index (κ3) is 2.10. The molecule has 24 heavy (non-hydrogen) atoms. The number of aliphatic hydroxyl groups is 1. The second-order valence-electron chi connectivity index (χ2n) is 8.79. The van der Waals surface area contributed by atoms with E-state index in [1.165, 1.54) is 18.4 Å². The number of hydrogen-bond acceptors (Lipinski definition) is 2. The second kappa shape index (κ2) is 5.73. The summed E-state index contributed by atoms with van der Waals surface area (Å²) >= 11 is 0. The summed E-state index contributed by atoms with van der Waals surface area (Å²) in [5, 5.41) is 11.2. The topological polar surface area (TPSA) is 37.3 Å². The lowest BCUT2D eigenvalue weighted by Gasteiger charge is -2.56. The molecule has 0 aromatic rings. The molecule has 2 nitrogen and oxygen atoms in total. The molecule has 3 fully saturated rings. The van der Waals surface area contributed by atoms with Gasteiger partial charge in [0.15, 0.2) is 5.78 Å². The van der Waals surface area contributed by atoms with E-state index in [1.807, 2.05) is 6.08 Å². The highest BCUT2D eigenvalue weighted by atomic mass is 16.3. The maximum atomic E-state index is 11.8. The fourth-order valence-corrected chi connectivity index (χ4v) is 7.19. The van der Waals surface area contributed by atoms with Crippen molar-refractivity contribution in [3.05, 3.63) is 11.6 Å². The number of terminal acetylenes is 1. The molecule has 0 radical (unpaired) electrons. The maximum absolute atomic E-state index is 11.8. The van der Waals surface area contributed by atoms with Crippen LogP contribution in [0.1, 0.15) is 71.1 Å². The van der Waals surface area contributed by atoms with Gasteiger partial charge in [-0.2, -0.15) is 0 Å². The molecule has 4 rings (SSSR count). The minimum Gasteiger partial charge on any atom is -0.377 e. The van der Waals surface area contributed by atoms with Crippen LogP contribution < -0.4 is 0 Å². The van der Waals surface area contributed by atoms with Gasteiger partial charge in [-0.05, 0) is 81.1 Å². The van der Waals surface area contributed by atoms with Gasteiger partial charge in [0.2, 0.25) is 0 Å². The number of rotatable bonds is 2. The summed E-state index contributed by atoms with van der Waals surface area (Å²) in [4.78, 5) is 11.8. The van der Waals surface area contributed by atoms with Crippen LogP contribution >= 0.6 is 0 Å². The molecule has 0 aromatic heterocycles. The Kier molecular flexibility index (Phi) is 3.92. The van der Waals surface area contributed by atoms with Crippen molar-refractivity contribution in [1.29, 1.82) is 0 Å². The van der Waals surface area contributed by atoms with E-state index in [2.05, 4.69) is 12.8 Å². The van der Waals surface area contributed by atoms with Crippen LogP contribution in [0.4, 0.5) is 0 Å².